The van der Waals surface area contributed by atoms with E-state index in [1.807, 2.05) is 0 Å². The summed E-state index contributed by atoms with van der Waals surface area (Å²) in [6, 6.07) is 13.3. The van der Waals surface area contributed by atoms with Crippen molar-refractivity contribution in [3.63, 3.8) is 0 Å². The molecule has 0 aliphatic carbocycles. The topological polar surface area (TPSA) is 108 Å². The third-order valence-corrected chi connectivity index (χ3v) is 4.66. The van der Waals surface area contributed by atoms with Gasteiger partial charge < -0.3 is 25.4 Å². The Hall–Kier alpha value is -3.55. The van der Waals surface area contributed by atoms with Crippen molar-refractivity contribution >= 4 is 29.1 Å². The van der Waals surface area contributed by atoms with Gasteiger partial charge in [0.15, 0.2) is 0 Å². The van der Waals surface area contributed by atoms with Crippen molar-refractivity contribution in [1.29, 1.82) is 0 Å². The van der Waals surface area contributed by atoms with Crippen molar-refractivity contribution in [2.75, 3.05) is 30.4 Å². The van der Waals surface area contributed by atoms with Crippen LogP contribution in [-0.4, -0.2) is 43.0 Å². The molecule has 1 fully saturated rings. The van der Waals surface area contributed by atoms with E-state index in [9.17, 15) is 19.5 Å². The fraction of sp³-hybridized carbons (Fsp3) is 0.286. The van der Waals surface area contributed by atoms with Crippen molar-refractivity contribution in [2.24, 2.45) is 5.92 Å². The number of nitrogens with zero attached hydrogens (tertiary/aromatic N) is 1. The van der Waals surface area contributed by atoms with Gasteiger partial charge in [-0.25, -0.2) is 0 Å². The average molecular weight is 397 g/mol. The summed E-state index contributed by atoms with van der Waals surface area (Å²) in [5, 5.41) is 14.8. The van der Waals surface area contributed by atoms with Crippen molar-refractivity contribution in [1.82, 2.24) is 5.32 Å². The smallest absolute Gasteiger partial charge is 0.227 e. The zero-order valence-electron chi connectivity index (χ0n) is 16.1. The molecule has 3 rings (SSSR count). The van der Waals surface area contributed by atoms with Crippen LogP contribution in [0.4, 0.5) is 11.4 Å². The summed E-state index contributed by atoms with van der Waals surface area (Å²) in [4.78, 5) is 38.2. The van der Waals surface area contributed by atoms with Gasteiger partial charge in [-0.05, 0) is 36.4 Å². The maximum Gasteiger partial charge on any atom is 0.227 e. The highest BCUT2D eigenvalue weighted by Crippen LogP contribution is 2.26. The third-order valence-electron chi connectivity index (χ3n) is 4.66. The maximum absolute atomic E-state index is 12.4. The fourth-order valence-corrected chi connectivity index (χ4v) is 3.15. The van der Waals surface area contributed by atoms with E-state index in [0.29, 0.717) is 18.0 Å². The number of amides is 3. The monoisotopic (exact) mass is 397 g/mol. The number of hydrogen-bond donors (Lipinski definition) is 3. The van der Waals surface area contributed by atoms with Gasteiger partial charge in [-0.1, -0.05) is 6.07 Å². The minimum atomic E-state index is -0.460. The molecular formula is C21H23N3O5. The first-order chi connectivity index (χ1) is 14.0. The minimum absolute atomic E-state index is 0.0587. The van der Waals surface area contributed by atoms with Gasteiger partial charge >= 0.3 is 0 Å². The minimum Gasteiger partial charge on any atom is -0.508 e. The molecule has 2 aromatic rings. The number of nitrogens with one attached hydrogen (secondary N) is 2. The number of benzene rings is 2. The van der Waals surface area contributed by atoms with Crippen LogP contribution in [0.5, 0.6) is 11.5 Å². The maximum atomic E-state index is 12.4. The number of methoxy groups -OCH3 is 1. The lowest BCUT2D eigenvalue weighted by molar-refractivity contribution is -0.126. The molecule has 1 aliphatic rings. The second kappa shape index (κ2) is 9.09. The van der Waals surface area contributed by atoms with Crippen molar-refractivity contribution in [3.05, 3.63) is 48.5 Å². The van der Waals surface area contributed by atoms with E-state index < -0.39 is 5.92 Å². The lowest BCUT2D eigenvalue weighted by Gasteiger charge is -2.17. The number of hydrogen-bond acceptors (Lipinski definition) is 5. The number of phenols is 1. The van der Waals surface area contributed by atoms with Crippen molar-refractivity contribution in [2.45, 2.75) is 12.8 Å². The van der Waals surface area contributed by atoms with E-state index >= 15 is 0 Å². The summed E-state index contributed by atoms with van der Waals surface area (Å²) >= 11 is 0. The molecular weight excluding hydrogens is 374 g/mol. The molecule has 1 saturated heterocycles. The van der Waals surface area contributed by atoms with Crippen molar-refractivity contribution in [3.8, 4) is 11.5 Å². The summed E-state index contributed by atoms with van der Waals surface area (Å²) in [6.45, 7) is 0.462. The van der Waals surface area contributed by atoms with E-state index in [-0.39, 0.29) is 42.9 Å². The molecule has 152 valence electrons. The Balaban J connectivity index is 1.46. The predicted octanol–water partition coefficient (Wildman–Crippen LogP) is 1.90. The van der Waals surface area contributed by atoms with Crippen molar-refractivity contribution < 1.29 is 24.2 Å². The number of rotatable bonds is 7. The molecule has 29 heavy (non-hydrogen) atoms. The van der Waals surface area contributed by atoms with Gasteiger partial charge in [0.1, 0.15) is 11.5 Å². The number of carbonyl (C=O) groups excluding carboxylic acids is 3. The quantitative estimate of drug-likeness (QED) is 0.661. The summed E-state index contributed by atoms with van der Waals surface area (Å²) in [5.74, 6) is -0.351. The Morgan fingerprint density at radius 2 is 1.97 bits per heavy atom. The van der Waals surface area contributed by atoms with Crippen LogP contribution in [0.1, 0.15) is 12.8 Å². The molecule has 0 spiro atoms. The van der Waals surface area contributed by atoms with Crippen LogP contribution in [0.2, 0.25) is 0 Å². The fourth-order valence-electron chi connectivity index (χ4n) is 3.15. The van der Waals surface area contributed by atoms with Crippen LogP contribution >= 0.6 is 0 Å². The number of ether oxygens (including phenoxy) is 1. The zero-order chi connectivity index (χ0) is 20.8. The lowest BCUT2D eigenvalue weighted by Crippen LogP contribution is -2.34. The first-order valence-corrected chi connectivity index (χ1v) is 9.27. The largest absolute Gasteiger partial charge is 0.508 e. The molecule has 3 amide bonds. The van der Waals surface area contributed by atoms with E-state index in [2.05, 4.69) is 10.6 Å². The molecule has 0 saturated carbocycles. The molecule has 3 N–H and O–H groups in total. The molecule has 0 unspecified atom stereocenters. The summed E-state index contributed by atoms with van der Waals surface area (Å²) in [5.41, 5.74) is 1.20. The van der Waals surface area contributed by atoms with Gasteiger partial charge in [0.25, 0.3) is 0 Å². The van der Waals surface area contributed by atoms with E-state index in [0.717, 1.165) is 5.69 Å². The van der Waals surface area contributed by atoms with Crippen LogP contribution < -0.4 is 20.3 Å². The molecule has 2 aromatic carbocycles. The Morgan fingerprint density at radius 3 is 2.66 bits per heavy atom. The highest BCUT2D eigenvalue weighted by atomic mass is 16.5. The lowest BCUT2D eigenvalue weighted by atomic mass is 10.1. The van der Waals surface area contributed by atoms with Gasteiger partial charge in [-0.3, -0.25) is 14.4 Å². The third kappa shape index (κ3) is 5.25. The Bertz CT molecular complexity index is 897. The molecule has 1 aliphatic heterocycles. The second-order valence-electron chi connectivity index (χ2n) is 6.74. The Kier molecular flexibility index (Phi) is 6.33. The van der Waals surface area contributed by atoms with Crippen LogP contribution in [0.25, 0.3) is 0 Å². The average Bonchev–Trinajstić information content (AvgIpc) is 3.10. The van der Waals surface area contributed by atoms with Crippen LogP contribution in [0.3, 0.4) is 0 Å². The molecule has 1 atom stereocenters. The second-order valence-corrected chi connectivity index (χ2v) is 6.74. The molecule has 0 aromatic heterocycles. The van der Waals surface area contributed by atoms with Gasteiger partial charge in [0.05, 0.1) is 13.0 Å². The predicted molar refractivity (Wildman–Crippen MR) is 108 cm³/mol. The summed E-state index contributed by atoms with van der Waals surface area (Å²) in [7, 11) is 1.57. The first-order valence-electron chi connectivity index (χ1n) is 9.27. The van der Waals surface area contributed by atoms with Gasteiger partial charge in [0, 0.05) is 43.4 Å². The van der Waals surface area contributed by atoms with E-state index in [1.165, 1.54) is 12.1 Å². The number of aromatic hydroxyl groups is 1. The van der Waals surface area contributed by atoms with Crippen LogP contribution in [0.15, 0.2) is 48.5 Å². The SMILES string of the molecule is COc1ccc(N2C[C@@H](C(=O)NCCC(=O)Nc3cccc(O)c3)CC2=O)cc1. The Morgan fingerprint density at radius 1 is 1.21 bits per heavy atom. The Labute approximate surface area is 168 Å². The zero-order valence-corrected chi connectivity index (χ0v) is 16.1. The first kappa shape index (κ1) is 20.2. The van der Waals surface area contributed by atoms with Gasteiger partial charge in [-0.2, -0.15) is 0 Å². The summed E-state index contributed by atoms with van der Waals surface area (Å²) < 4.78 is 5.11. The summed E-state index contributed by atoms with van der Waals surface area (Å²) in [6.07, 6.45) is 0.220. The van der Waals surface area contributed by atoms with Gasteiger partial charge in [-0.15, -0.1) is 0 Å². The van der Waals surface area contributed by atoms with Crippen LogP contribution in [0, 0.1) is 5.92 Å². The van der Waals surface area contributed by atoms with Crippen LogP contribution in [-0.2, 0) is 14.4 Å². The molecule has 0 radical (unpaired) electrons. The molecule has 1 heterocycles. The molecule has 0 bridgehead atoms. The number of anilines is 2. The van der Waals surface area contributed by atoms with E-state index in [1.54, 1.807) is 48.4 Å². The highest BCUT2D eigenvalue weighted by molar-refractivity contribution is 6.00. The standard InChI is InChI=1S/C21H23N3O5/c1-29-18-7-5-16(6-8-18)24-13-14(11-20(24)27)21(28)22-10-9-19(26)23-15-3-2-4-17(25)12-15/h2-8,12,14,25H,9-11,13H2,1H3,(H,22,28)(H,23,26)/t14-/m0/s1. The van der Waals surface area contributed by atoms with E-state index in [4.69, 9.17) is 4.74 Å². The molecule has 8 heteroatoms. The normalized spacial score (nSPS) is 15.8. The highest BCUT2D eigenvalue weighted by Gasteiger charge is 2.35. The molecule has 8 nitrogen and oxygen atoms in total. The van der Waals surface area contributed by atoms with Gasteiger partial charge in [0.2, 0.25) is 17.7 Å². The number of phenolic OH excluding ortho intramolecular Hbond substituents is 1. The number of carbonyl (C=O) groups is 3.